The molecule has 1 aromatic carbocycles. The minimum atomic E-state index is -0.355. The predicted octanol–water partition coefficient (Wildman–Crippen LogP) is 2.79. The number of pyridine rings is 1. The highest BCUT2D eigenvalue weighted by Crippen LogP contribution is 2.36. The molecule has 0 atom stereocenters. The Labute approximate surface area is 137 Å². The fourth-order valence-corrected chi connectivity index (χ4v) is 2.88. The van der Waals surface area contributed by atoms with Gasteiger partial charge in [-0.1, -0.05) is 0 Å². The van der Waals surface area contributed by atoms with Crippen molar-refractivity contribution >= 4 is 22.7 Å². The lowest BCUT2D eigenvalue weighted by atomic mass is 9.89. The molecule has 0 saturated heterocycles. The molecule has 0 spiro atoms. The summed E-state index contributed by atoms with van der Waals surface area (Å²) >= 11 is 0. The quantitative estimate of drug-likeness (QED) is 0.566. The van der Waals surface area contributed by atoms with Gasteiger partial charge >= 0.3 is 5.97 Å². The van der Waals surface area contributed by atoms with Crippen LogP contribution in [0.15, 0.2) is 48.8 Å². The molecular weight excluding hydrogens is 308 g/mol. The van der Waals surface area contributed by atoms with Gasteiger partial charge in [-0.3, -0.25) is 10.7 Å². The van der Waals surface area contributed by atoms with Crippen LogP contribution in [0.1, 0.15) is 29.2 Å². The molecule has 0 amide bonds. The number of carbonyl (C=O) groups is 1. The molecule has 0 bridgehead atoms. The lowest BCUT2D eigenvalue weighted by Gasteiger charge is -2.34. The molecular formula is C17H16N4O3. The summed E-state index contributed by atoms with van der Waals surface area (Å²) in [6, 6.07) is 10.5. The van der Waals surface area contributed by atoms with E-state index in [4.69, 9.17) is 9.94 Å². The van der Waals surface area contributed by atoms with Gasteiger partial charge in [0.25, 0.3) is 0 Å². The molecule has 3 aromatic rings. The van der Waals surface area contributed by atoms with E-state index < -0.39 is 0 Å². The van der Waals surface area contributed by atoms with Crippen LogP contribution in [0.4, 0.5) is 5.69 Å². The number of nitrogens with one attached hydrogen (secondary N) is 1. The molecule has 4 rings (SSSR count). The molecule has 2 N–H and O–H groups in total. The first-order valence-electron chi connectivity index (χ1n) is 7.74. The summed E-state index contributed by atoms with van der Waals surface area (Å²) in [6.07, 6.45) is 4.91. The van der Waals surface area contributed by atoms with E-state index in [1.165, 1.54) is 0 Å². The van der Waals surface area contributed by atoms with Crippen LogP contribution in [0.3, 0.4) is 0 Å². The van der Waals surface area contributed by atoms with E-state index in [0.29, 0.717) is 11.3 Å². The first-order chi connectivity index (χ1) is 11.7. The minimum absolute atomic E-state index is 0.110. The number of benzene rings is 1. The molecule has 1 fully saturated rings. The van der Waals surface area contributed by atoms with Gasteiger partial charge in [-0.05, 0) is 36.4 Å². The summed E-state index contributed by atoms with van der Waals surface area (Å²) < 4.78 is 7.41. The summed E-state index contributed by atoms with van der Waals surface area (Å²) in [5.74, 6) is -0.355. The van der Waals surface area contributed by atoms with Crippen LogP contribution in [0.5, 0.6) is 0 Å². The molecule has 7 heteroatoms. The molecule has 24 heavy (non-hydrogen) atoms. The van der Waals surface area contributed by atoms with Crippen molar-refractivity contribution < 1.29 is 14.7 Å². The maximum Gasteiger partial charge on any atom is 0.338 e. The van der Waals surface area contributed by atoms with Crippen molar-refractivity contribution in [2.45, 2.75) is 25.0 Å². The van der Waals surface area contributed by atoms with Gasteiger partial charge in [0.1, 0.15) is 6.10 Å². The zero-order chi connectivity index (χ0) is 16.5. The fraction of sp³-hybridized carbons (Fsp3) is 0.235. The Hall–Kier alpha value is -2.93. The zero-order valence-corrected chi connectivity index (χ0v) is 12.8. The average Bonchev–Trinajstić information content (AvgIpc) is 3.01. The monoisotopic (exact) mass is 324 g/mol. The Morgan fingerprint density at radius 3 is 2.79 bits per heavy atom. The van der Waals surface area contributed by atoms with Crippen LogP contribution in [0, 0.1) is 0 Å². The van der Waals surface area contributed by atoms with Gasteiger partial charge in [0.05, 0.1) is 23.5 Å². The Kier molecular flexibility index (Phi) is 3.62. The second-order valence-electron chi connectivity index (χ2n) is 5.85. The van der Waals surface area contributed by atoms with Crippen LogP contribution < -0.4 is 5.48 Å². The smallest absolute Gasteiger partial charge is 0.338 e. The molecule has 0 aliphatic heterocycles. The van der Waals surface area contributed by atoms with E-state index in [1.54, 1.807) is 36.7 Å². The molecule has 0 unspecified atom stereocenters. The van der Waals surface area contributed by atoms with Gasteiger partial charge in [-0.25, -0.2) is 14.5 Å². The number of esters is 1. The SMILES string of the molecule is O=C(OC1CC(n2ncc3cccnc32)C1)c1ccc(NO)cc1. The first-order valence-corrected chi connectivity index (χ1v) is 7.74. The van der Waals surface area contributed by atoms with Crippen molar-refractivity contribution in [1.82, 2.24) is 14.8 Å². The summed E-state index contributed by atoms with van der Waals surface area (Å²) in [5, 5.41) is 14.2. The first kappa shape index (κ1) is 14.6. The highest BCUT2D eigenvalue weighted by molar-refractivity contribution is 5.90. The third-order valence-corrected chi connectivity index (χ3v) is 4.29. The zero-order valence-electron chi connectivity index (χ0n) is 12.8. The second kappa shape index (κ2) is 5.93. The topological polar surface area (TPSA) is 89.3 Å². The van der Waals surface area contributed by atoms with E-state index in [2.05, 4.69) is 10.1 Å². The van der Waals surface area contributed by atoms with Crippen LogP contribution >= 0.6 is 0 Å². The number of anilines is 1. The maximum atomic E-state index is 12.1. The molecule has 7 nitrogen and oxygen atoms in total. The molecule has 2 heterocycles. The van der Waals surface area contributed by atoms with Crippen LogP contribution in [0.2, 0.25) is 0 Å². The lowest BCUT2D eigenvalue weighted by molar-refractivity contribution is -0.00932. The molecule has 122 valence electrons. The Balaban J connectivity index is 1.38. The van der Waals surface area contributed by atoms with Crippen LogP contribution in [-0.4, -0.2) is 32.0 Å². The minimum Gasteiger partial charge on any atom is -0.459 e. The third-order valence-electron chi connectivity index (χ3n) is 4.29. The van der Waals surface area contributed by atoms with Crippen molar-refractivity contribution in [2.75, 3.05) is 5.48 Å². The predicted molar refractivity (Wildman–Crippen MR) is 86.9 cm³/mol. The van der Waals surface area contributed by atoms with Gasteiger partial charge < -0.3 is 4.74 Å². The summed E-state index contributed by atoms with van der Waals surface area (Å²) in [7, 11) is 0. The number of aromatic nitrogens is 3. The van der Waals surface area contributed by atoms with E-state index in [9.17, 15) is 4.79 Å². The normalized spacial score (nSPS) is 19.7. The van der Waals surface area contributed by atoms with Crippen molar-refractivity contribution in [2.24, 2.45) is 0 Å². The number of hydrogen-bond donors (Lipinski definition) is 2. The number of fused-ring (bicyclic) bond motifs is 1. The number of nitrogens with zero attached hydrogens (tertiary/aromatic N) is 3. The van der Waals surface area contributed by atoms with Gasteiger partial charge in [-0.2, -0.15) is 5.10 Å². The van der Waals surface area contributed by atoms with Gasteiger partial charge in [0.2, 0.25) is 0 Å². The van der Waals surface area contributed by atoms with Gasteiger partial charge in [0, 0.05) is 24.4 Å². The molecule has 1 aliphatic carbocycles. The van der Waals surface area contributed by atoms with Crippen molar-refractivity contribution in [3.05, 3.63) is 54.4 Å². The highest BCUT2D eigenvalue weighted by atomic mass is 16.5. The number of rotatable bonds is 4. The Morgan fingerprint density at radius 2 is 2.04 bits per heavy atom. The van der Waals surface area contributed by atoms with Crippen molar-refractivity contribution in [3.63, 3.8) is 0 Å². The number of hydrogen-bond acceptors (Lipinski definition) is 6. The lowest BCUT2D eigenvalue weighted by Crippen LogP contribution is -2.35. The third kappa shape index (κ3) is 2.59. The highest BCUT2D eigenvalue weighted by Gasteiger charge is 2.35. The van der Waals surface area contributed by atoms with E-state index in [-0.39, 0.29) is 18.1 Å². The molecule has 2 aromatic heterocycles. The maximum absolute atomic E-state index is 12.1. The summed E-state index contributed by atoms with van der Waals surface area (Å²) in [4.78, 5) is 16.5. The summed E-state index contributed by atoms with van der Waals surface area (Å²) in [5.41, 5.74) is 3.87. The fourth-order valence-electron chi connectivity index (χ4n) is 2.88. The van der Waals surface area contributed by atoms with Gasteiger partial charge in [-0.15, -0.1) is 0 Å². The van der Waals surface area contributed by atoms with Crippen LogP contribution in [-0.2, 0) is 4.74 Å². The Bertz CT molecular complexity index is 869. The number of ether oxygens (including phenoxy) is 1. The molecule has 0 radical (unpaired) electrons. The van der Waals surface area contributed by atoms with Gasteiger partial charge in [0.15, 0.2) is 5.65 Å². The van der Waals surface area contributed by atoms with Crippen molar-refractivity contribution in [3.8, 4) is 0 Å². The van der Waals surface area contributed by atoms with Crippen LogP contribution in [0.25, 0.3) is 11.0 Å². The van der Waals surface area contributed by atoms with E-state index >= 15 is 0 Å². The number of carbonyl (C=O) groups excluding carboxylic acids is 1. The average molecular weight is 324 g/mol. The van der Waals surface area contributed by atoms with E-state index in [1.807, 2.05) is 22.3 Å². The largest absolute Gasteiger partial charge is 0.459 e. The van der Waals surface area contributed by atoms with Crippen molar-refractivity contribution in [1.29, 1.82) is 0 Å². The standard InChI is InChI=1S/C17H16N4O3/c22-17(11-3-5-13(20-23)6-4-11)24-15-8-14(9-15)21-16-12(10-19-21)2-1-7-18-16/h1-7,10,14-15,20,23H,8-9H2. The molecule has 1 saturated carbocycles. The Morgan fingerprint density at radius 1 is 1.25 bits per heavy atom. The second-order valence-corrected chi connectivity index (χ2v) is 5.85. The van der Waals surface area contributed by atoms with E-state index in [0.717, 1.165) is 23.9 Å². The summed E-state index contributed by atoms with van der Waals surface area (Å²) in [6.45, 7) is 0. The molecule has 1 aliphatic rings.